The fourth-order valence-electron chi connectivity index (χ4n) is 1.91. The van der Waals surface area contributed by atoms with Crippen molar-refractivity contribution in [2.24, 2.45) is 0 Å². The van der Waals surface area contributed by atoms with E-state index in [0.717, 1.165) is 6.42 Å². The Bertz CT molecular complexity index is 480. The van der Waals surface area contributed by atoms with Crippen molar-refractivity contribution < 1.29 is 9.13 Å². The minimum Gasteiger partial charge on any atom is -0.489 e. The molecule has 2 unspecified atom stereocenters. The quantitative estimate of drug-likeness (QED) is 0.690. The van der Waals surface area contributed by atoms with Crippen LogP contribution < -0.4 is 4.74 Å². The van der Waals surface area contributed by atoms with E-state index in [1.165, 1.54) is 0 Å². The molecule has 1 saturated carbocycles. The highest BCUT2D eigenvalue weighted by molar-refractivity contribution is 14.1. The summed E-state index contributed by atoms with van der Waals surface area (Å²) in [5, 5.41) is 8.77. The van der Waals surface area contributed by atoms with Gasteiger partial charge >= 0.3 is 0 Å². The lowest BCUT2D eigenvalue weighted by atomic mass is 10.1. The number of fused-ring (bicyclic) bond motifs is 3. The maximum Gasteiger partial charge on any atom is 0.145 e. The van der Waals surface area contributed by atoms with Gasteiger partial charge in [0.2, 0.25) is 0 Å². The number of nitriles is 1. The summed E-state index contributed by atoms with van der Waals surface area (Å²) in [6.45, 7) is 0. The smallest absolute Gasteiger partial charge is 0.145 e. The molecule has 2 aliphatic rings. The largest absolute Gasteiger partial charge is 0.489 e. The van der Waals surface area contributed by atoms with E-state index < -0.39 is 0 Å². The van der Waals surface area contributed by atoms with E-state index in [0.29, 0.717) is 20.4 Å². The van der Waals surface area contributed by atoms with Crippen LogP contribution in [0.4, 0.5) is 4.39 Å². The number of ether oxygens (including phenoxy) is 1. The van der Waals surface area contributed by atoms with Gasteiger partial charge in [-0.15, -0.1) is 0 Å². The van der Waals surface area contributed by atoms with Crippen molar-refractivity contribution in [1.82, 2.24) is 0 Å². The van der Waals surface area contributed by atoms with E-state index in [4.69, 9.17) is 10.00 Å². The zero-order valence-electron chi connectivity index (χ0n) is 7.05. The number of rotatable bonds is 0. The Labute approximate surface area is 93.8 Å². The van der Waals surface area contributed by atoms with Gasteiger partial charge in [0.25, 0.3) is 0 Å². The molecule has 2 atom stereocenters. The molecule has 3 rings (SSSR count). The minimum atomic E-state index is -0.260. The monoisotopic (exact) mass is 301 g/mol. The Balaban J connectivity index is 2.28. The molecule has 1 aliphatic carbocycles. The fourth-order valence-corrected chi connectivity index (χ4v) is 2.48. The van der Waals surface area contributed by atoms with Gasteiger partial charge < -0.3 is 4.74 Å². The van der Waals surface area contributed by atoms with Crippen LogP contribution in [0.1, 0.15) is 23.5 Å². The van der Waals surface area contributed by atoms with Gasteiger partial charge in [0.15, 0.2) is 0 Å². The second-order valence-corrected chi connectivity index (χ2v) is 4.65. The number of benzene rings is 1. The third-order valence-electron chi connectivity index (χ3n) is 2.71. The third-order valence-corrected chi connectivity index (χ3v) is 3.76. The molecule has 0 saturated heterocycles. The lowest BCUT2D eigenvalue weighted by molar-refractivity contribution is 0.318. The van der Waals surface area contributed by atoms with Crippen molar-refractivity contribution in [3.05, 3.63) is 26.6 Å². The molecule has 1 fully saturated rings. The Morgan fingerprint density at radius 3 is 3.14 bits per heavy atom. The molecule has 0 bridgehead atoms. The normalized spacial score (nSPS) is 26.1. The van der Waals surface area contributed by atoms with Crippen LogP contribution in [0.5, 0.6) is 5.75 Å². The minimum absolute atomic E-state index is 0.171. The number of hydrogen-bond donors (Lipinski definition) is 0. The van der Waals surface area contributed by atoms with E-state index in [-0.39, 0.29) is 17.8 Å². The molecule has 1 aromatic rings. The summed E-state index contributed by atoms with van der Waals surface area (Å²) in [4.78, 5) is 0. The molecule has 0 aromatic heterocycles. The van der Waals surface area contributed by atoms with Crippen LogP contribution in [-0.4, -0.2) is 6.10 Å². The van der Waals surface area contributed by atoms with Gasteiger partial charge in [0.05, 0.1) is 9.13 Å². The van der Waals surface area contributed by atoms with Gasteiger partial charge in [-0.25, -0.2) is 4.39 Å². The number of halogens is 2. The van der Waals surface area contributed by atoms with Crippen molar-refractivity contribution in [3.63, 3.8) is 0 Å². The van der Waals surface area contributed by atoms with Crippen molar-refractivity contribution in [2.75, 3.05) is 0 Å². The SMILES string of the molecule is N#Cc1cc2c(c(F)c1I)C1CC1O2. The molecule has 4 heteroatoms. The Hall–Kier alpha value is -0.830. The molecule has 0 amide bonds. The molecule has 1 aliphatic heterocycles. The zero-order chi connectivity index (χ0) is 9.87. The predicted molar refractivity (Wildman–Crippen MR) is 55.6 cm³/mol. The summed E-state index contributed by atoms with van der Waals surface area (Å²) in [5.41, 5.74) is 1.04. The van der Waals surface area contributed by atoms with Gasteiger partial charge in [0, 0.05) is 11.5 Å². The van der Waals surface area contributed by atoms with Crippen molar-refractivity contribution in [3.8, 4) is 11.8 Å². The fraction of sp³-hybridized carbons (Fsp3) is 0.300. The van der Waals surface area contributed by atoms with Gasteiger partial charge in [-0.2, -0.15) is 5.26 Å². The van der Waals surface area contributed by atoms with Crippen molar-refractivity contribution >= 4 is 22.6 Å². The average Bonchev–Trinajstić information content (AvgIpc) is 2.84. The standard InChI is InChI=1S/C10H5FINO/c11-9-8-5-2-6(5)14-7(8)1-4(3-13)10(9)12/h1,5-6H,2H2. The van der Waals surface area contributed by atoms with E-state index in [1.807, 2.05) is 28.7 Å². The molecule has 2 nitrogen and oxygen atoms in total. The Morgan fingerprint density at radius 1 is 1.64 bits per heavy atom. The second kappa shape index (κ2) is 2.60. The number of hydrogen-bond acceptors (Lipinski definition) is 2. The summed E-state index contributed by atoms with van der Waals surface area (Å²) in [7, 11) is 0. The van der Waals surface area contributed by atoms with Crippen LogP contribution in [0.2, 0.25) is 0 Å². The first-order chi connectivity index (χ1) is 6.72. The lowest BCUT2D eigenvalue weighted by Crippen LogP contribution is -1.96. The highest BCUT2D eigenvalue weighted by Crippen LogP contribution is 2.55. The predicted octanol–water partition coefficient (Wildman–Crippen LogP) is 2.55. The first kappa shape index (κ1) is 8.48. The molecule has 14 heavy (non-hydrogen) atoms. The van der Waals surface area contributed by atoms with E-state index in [9.17, 15) is 4.39 Å². The second-order valence-electron chi connectivity index (χ2n) is 3.57. The van der Waals surface area contributed by atoms with E-state index in [1.54, 1.807) is 6.07 Å². The average molecular weight is 301 g/mol. The zero-order valence-corrected chi connectivity index (χ0v) is 9.21. The summed E-state index contributed by atoms with van der Waals surface area (Å²) in [5.74, 6) is 0.552. The van der Waals surface area contributed by atoms with Crippen LogP contribution in [0.25, 0.3) is 0 Å². The van der Waals surface area contributed by atoms with E-state index >= 15 is 0 Å². The van der Waals surface area contributed by atoms with Gasteiger partial charge in [-0.1, -0.05) is 0 Å². The summed E-state index contributed by atoms with van der Waals surface area (Å²) in [6, 6.07) is 3.61. The van der Waals surface area contributed by atoms with Crippen LogP contribution in [0.3, 0.4) is 0 Å². The van der Waals surface area contributed by atoms with Crippen LogP contribution >= 0.6 is 22.6 Å². The number of nitrogens with zero attached hydrogens (tertiary/aromatic N) is 1. The van der Waals surface area contributed by atoms with Crippen LogP contribution in [0, 0.1) is 20.7 Å². The summed E-state index contributed by atoms with van der Waals surface area (Å²) >= 11 is 1.87. The van der Waals surface area contributed by atoms with Gasteiger partial charge in [-0.05, 0) is 35.1 Å². The summed E-state index contributed by atoms with van der Waals surface area (Å²) < 4.78 is 19.7. The third kappa shape index (κ3) is 0.934. The first-order valence-electron chi connectivity index (χ1n) is 4.31. The van der Waals surface area contributed by atoms with Gasteiger partial charge in [-0.3, -0.25) is 0 Å². The van der Waals surface area contributed by atoms with E-state index in [2.05, 4.69) is 0 Å². The highest BCUT2D eigenvalue weighted by atomic mass is 127. The summed E-state index contributed by atoms with van der Waals surface area (Å²) in [6.07, 6.45) is 1.09. The van der Waals surface area contributed by atoms with Crippen LogP contribution in [0.15, 0.2) is 6.07 Å². The highest BCUT2D eigenvalue weighted by Gasteiger charge is 2.50. The van der Waals surface area contributed by atoms with Gasteiger partial charge in [0.1, 0.15) is 23.7 Å². The van der Waals surface area contributed by atoms with Crippen molar-refractivity contribution in [1.29, 1.82) is 5.26 Å². The maximum atomic E-state index is 13.8. The first-order valence-corrected chi connectivity index (χ1v) is 5.39. The Kier molecular flexibility index (Phi) is 1.57. The van der Waals surface area contributed by atoms with Crippen LogP contribution in [-0.2, 0) is 0 Å². The molecule has 1 heterocycles. The molecular formula is C10H5FINO. The molecule has 1 aromatic carbocycles. The lowest BCUT2D eigenvalue weighted by Gasteiger charge is -2.06. The Morgan fingerprint density at radius 2 is 2.43 bits per heavy atom. The molecule has 70 valence electrons. The molecule has 0 N–H and O–H groups in total. The topological polar surface area (TPSA) is 33.0 Å². The molecule has 0 spiro atoms. The van der Waals surface area contributed by atoms with Crippen molar-refractivity contribution in [2.45, 2.75) is 18.4 Å². The maximum absolute atomic E-state index is 13.8. The molecular weight excluding hydrogens is 296 g/mol. The molecule has 0 radical (unpaired) electrons.